The molecule has 1 aliphatic heterocycles. The number of amides is 3. The summed E-state index contributed by atoms with van der Waals surface area (Å²) in [5, 5.41) is 2.85. The molecule has 0 radical (unpaired) electrons. The average molecular weight is 452 g/mol. The van der Waals surface area contributed by atoms with Gasteiger partial charge < -0.3 is 20.7 Å². The molecule has 0 aliphatic carbocycles. The fourth-order valence-corrected chi connectivity index (χ4v) is 5.42. The number of carbonyl (C=O) groups is 3. The molecule has 3 amide bonds. The third-order valence-electron chi connectivity index (χ3n) is 4.59. The predicted molar refractivity (Wildman–Crippen MR) is 111 cm³/mol. The van der Waals surface area contributed by atoms with Crippen LogP contribution in [-0.4, -0.2) is 50.6 Å². The van der Waals surface area contributed by atoms with Crippen LogP contribution < -0.4 is 11.1 Å². The minimum atomic E-state index is -3.63. The molecule has 0 atom stereocenters. The molecule has 1 aromatic heterocycles. The summed E-state index contributed by atoms with van der Waals surface area (Å²) in [4.78, 5) is 39.0. The van der Waals surface area contributed by atoms with E-state index in [1.54, 1.807) is 13.0 Å². The second-order valence-corrected chi connectivity index (χ2v) is 9.75. The maximum Gasteiger partial charge on any atom is 0.410 e. The summed E-state index contributed by atoms with van der Waals surface area (Å²) in [6.45, 7) is 2.55. The molecule has 0 bridgehead atoms. The SMILES string of the molecule is CCOC(=O)N1CCc2c(sc(NC(=O)c3ccccc3S(C)(=O)=O)c2C(N)=O)C1. The van der Waals surface area contributed by atoms with E-state index in [2.05, 4.69) is 5.32 Å². The number of rotatable bonds is 5. The number of anilines is 1. The lowest BCUT2D eigenvalue weighted by atomic mass is 10.0. The van der Waals surface area contributed by atoms with Crippen LogP contribution in [0.4, 0.5) is 9.80 Å². The molecule has 1 aliphatic rings. The Kier molecular flexibility index (Phi) is 6.13. The summed E-state index contributed by atoms with van der Waals surface area (Å²) in [6, 6.07) is 5.81. The monoisotopic (exact) mass is 451 g/mol. The number of thiophene rings is 1. The highest BCUT2D eigenvalue weighted by Gasteiger charge is 2.30. The number of hydrogen-bond donors (Lipinski definition) is 2. The summed E-state index contributed by atoms with van der Waals surface area (Å²) < 4.78 is 29.0. The van der Waals surface area contributed by atoms with Gasteiger partial charge in [0, 0.05) is 17.7 Å². The maximum absolute atomic E-state index is 12.8. The summed E-state index contributed by atoms with van der Waals surface area (Å²) in [5.74, 6) is -1.37. The third kappa shape index (κ3) is 4.31. The van der Waals surface area contributed by atoms with E-state index in [4.69, 9.17) is 10.5 Å². The number of carbonyl (C=O) groups excluding carboxylic acids is 3. The van der Waals surface area contributed by atoms with Crippen LogP contribution in [0.25, 0.3) is 0 Å². The van der Waals surface area contributed by atoms with Gasteiger partial charge in [-0.3, -0.25) is 9.59 Å². The minimum absolute atomic E-state index is 0.0325. The molecule has 0 fully saturated rings. The zero-order chi connectivity index (χ0) is 22.1. The van der Waals surface area contributed by atoms with Crippen molar-refractivity contribution >= 4 is 44.1 Å². The van der Waals surface area contributed by atoms with Gasteiger partial charge in [0.25, 0.3) is 11.8 Å². The Balaban J connectivity index is 1.94. The van der Waals surface area contributed by atoms with Gasteiger partial charge in [0.2, 0.25) is 0 Å². The fraction of sp³-hybridized carbons (Fsp3) is 0.316. The molecule has 3 rings (SSSR count). The molecule has 2 heterocycles. The zero-order valence-electron chi connectivity index (χ0n) is 16.4. The average Bonchev–Trinajstić information content (AvgIpc) is 3.04. The topological polar surface area (TPSA) is 136 Å². The van der Waals surface area contributed by atoms with Crippen LogP contribution >= 0.6 is 11.3 Å². The lowest BCUT2D eigenvalue weighted by molar-refractivity contribution is 0.0997. The molecule has 11 heteroatoms. The molecule has 160 valence electrons. The number of sulfone groups is 1. The Morgan fingerprint density at radius 1 is 1.27 bits per heavy atom. The lowest BCUT2D eigenvalue weighted by Gasteiger charge is -2.26. The Morgan fingerprint density at radius 3 is 2.60 bits per heavy atom. The van der Waals surface area contributed by atoms with E-state index in [-0.39, 0.29) is 34.2 Å². The van der Waals surface area contributed by atoms with Crippen molar-refractivity contribution in [3.05, 3.63) is 45.8 Å². The number of fused-ring (bicyclic) bond motifs is 1. The molecule has 3 N–H and O–H groups in total. The van der Waals surface area contributed by atoms with E-state index >= 15 is 0 Å². The van der Waals surface area contributed by atoms with Crippen molar-refractivity contribution in [2.75, 3.05) is 24.7 Å². The van der Waals surface area contributed by atoms with Gasteiger partial charge >= 0.3 is 6.09 Å². The normalized spacial score (nSPS) is 13.5. The first-order chi connectivity index (χ1) is 14.1. The van der Waals surface area contributed by atoms with Crippen LogP contribution in [0, 0.1) is 0 Å². The van der Waals surface area contributed by atoms with E-state index in [1.165, 1.54) is 23.1 Å². The molecule has 1 aromatic carbocycles. The van der Waals surface area contributed by atoms with Gasteiger partial charge in [-0.15, -0.1) is 11.3 Å². The van der Waals surface area contributed by atoms with Crippen LogP contribution in [0.5, 0.6) is 0 Å². The first-order valence-electron chi connectivity index (χ1n) is 9.10. The number of nitrogens with one attached hydrogen (secondary N) is 1. The first-order valence-corrected chi connectivity index (χ1v) is 11.8. The number of nitrogens with two attached hydrogens (primary N) is 1. The van der Waals surface area contributed by atoms with Gasteiger partial charge in [0.05, 0.1) is 29.2 Å². The Labute approximate surface area is 177 Å². The van der Waals surface area contributed by atoms with Crippen LogP contribution in [0.1, 0.15) is 38.1 Å². The number of ether oxygens (including phenoxy) is 1. The molecule has 30 heavy (non-hydrogen) atoms. The van der Waals surface area contributed by atoms with Gasteiger partial charge in [-0.2, -0.15) is 0 Å². The van der Waals surface area contributed by atoms with Crippen molar-refractivity contribution in [3.63, 3.8) is 0 Å². The highest BCUT2D eigenvalue weighted by Crippen LogP contribution is 2.37. The Hall–Kier alpha value is -2.92. The first kappa shape index (κ1) is 21.8. The van der Waals surface area contributed by atoms with Crippen molar-refractivity contribution in [1.82, 2.24) is 4.90 Å². The van der Waals surface area contributed by atoms with E-state index in [9.17, 15) is 22.8 Å². The molecular weight excluding hydrogens is 430 g/mol. The highest BCUT2D eigenvalue weighted by molar-refractivity contribution is 7.90. The van der Waals surface area contributed by atoms with Crippen molar-refractivity contribution < 1.29 is 27.5 Å². The van der Waals surface area contributed by atoms with Crippen molar-refractivity contribution in [1.29, 1.82) is 0 Å². The van der Waals surface area contributed by atoms with Crippen molar-refractivity contribution in [2.45, 2.75) is 24.8 Å². The Bertz CT molecular complexity index is 1120. The van der Waals surface area contributed by atoms with E-state index in [0.717, 1.165) is 22.5 Å². The number of nitrogens with zero attached hydrogens (tertiary/aromatic N) is 1. The van der Waals surface area contributed by atoms with Gasteiger partial charge in [0.1, 0.15) is 5.00 Å². The van der Waals surface area contributed by atoms with Crippen molar-refractivity contribution in [2.24, 2.45) is 5.73 Å². The van der Waals surface area contributed by atoms with Crippen LogP contribution in [0.2, 0.25) is 0 Å². The minimum Gasteiger partial charge on any atom is -0.450 e. The molecule has 2 aromatic rings. The van der Waals surface area contributed by atoms with Crippen LogP contribution in [0.3, 0.4) is 0 Å². The number of benzene rings is 1. The summed E-state index contributed by atoms with van der Waals surface area (Å²) >= 11 is 1.13. The highest BCUT2D eigenvalue weighted by atomic mass is 32.2. The number of hydrogen-bond acceptors (Lipinski definition) is 7. The van der Waals surface area contributed by atoms with Gasteiger partial charge in [0.15, 0.2) is 9.84 Å². The summed E-state index contributed by atoms with van der Waals surface area (Å²) in [5.41, 5.74) is 6.39. The van der Waals surface area contributed by atoms with Gasteiger partial charge in [-0.05, 0) is 31.0 Å². The van der Waals surface area contributed by atoms with Crippen LogP contribution in [0.15, 0.2) is 29.2 Å². The van der Waals surface area contributed by atoms with Crippen molar-refractivity contribution in [3.8, 4) is 0 Å². The second kappa shape index (κ2) is 8.44. The standard InChI is InChI=1S/C19H21N3O6S2/c1-3-28-19(25)22-9-8-11-13(10-22)29-18(15(11)16(20)23)21-17(24)12-6-4-5-7-14(12)30(2,26)27/h4-7H,3,8-10H2,1-2H3,(H2,20,23)(H,21,24). The summed E-state index contributed by atoms with van der Waals surface area (Å²) in [6.07, 6.45) is 0.949. The lowest BCUT2D eigenvalue weighted by Crippen LogP contribution is -2.36. The molecular formula is C19H21N3O6S2. The van der Waals surface area contributed by atoms with Gasteiger partial charge in [-0.1, -0.05) is 12.1 Å². The van der Waals surface area contributed by atoms with E-state index < -0.39 is 27.7 Å². The summed E-state index contributed by atoms with van der Waals surface area (Å²) in [7, 11) is -3.63. The maximum atomic E-state index is 12.8. The fourth-order valence-electron chi connectivity index (χ4n) is 3.27. The zero-order valence-corrected chi connectivity index (χ0v) is 18.1. The molecule has 0 spiro atoms. The molecule has 9 nitrogen and oxygen atoms in total. The molecule has 0 unspecified atom stereocenters. The predicted octanol–water partition coefficient (Wildman–Crippen LogP) is 2.02. The van der Waals surface area contributed by atoms with E-state index in [1.807, 2.05) is 0 Å². The third-order valence-corrected chi connectivity index (χ3v) is 6.87. The largest absolute Gasteiger partial charge is 0.450 e. The quantitative estimate of drug-likeness (QED) is 0.714. The van der Waals surface area contributed by atoms with Gasteiger partial charge in [-0.25, -0.2) is 13.2 Å². The second-order valence-electron chi connectivity index (χ2n) is 6.67. The molecule has 0 saturated heterocycles. The van der Waals surface area contributed by atoms with Crippen LogP contribution in [-0.2, 0) is 27.5 Å². The smallest absolute Gasteiger partial charge is 0.410 e. The van der Waals surface area contributed by atoms with E-state index in [0.29, 0.717) is 18.5 Å². The molecule has 0 saturated carbocycles. The Morgan fingerprint density at radius 2 is 1.97 bits per heavy atom. The number of primary amides is 1.